The van der Waals surface area contributed by atoms with Crippen LogP contribution in [-0.4, -0.2) is 12.5 Å². The molecule has 4 N–H and O–H groups in total. The van der Waals surface area contributed by atoms with E-state index < -0.39 is 0 Å². The van der Waals surface area contributed by atoms with Gasteiger partial charge in [0.1, 0.15) is 0 Å². The maximum atomic E-state index is 6.70. The summed E-state index contributed by atoms with van der Waals surface area (Å²) >= 11 is 0. The van der Waals surface area contributed by atoms with E-state index in [1.165, 1.54) is 0 Å². The van der Waals surface area contributed by atoms with Crippen LogP contribution >= 0.6 is 0 Å². The highest BCUT2D eigenvalue weighted by molar-refractivity contribution is 5.74. The second kappa shape index (κ2) is 4.43. The van der Waals surface area contributed by atoms with Crippen molar-refractivity contribution < 1.29 is 0 Å². The maximum absolute atomic E-state index is 6.70. The number of guanidine groups is 1. The molecule has 0 aromatic carbocycles. The fourth-order valence-corrected chi connectivity index (χ4v) is 0.325. The van der Waals surface area contributed by atoms with Gasteiger partial charge in [0, 0.05) is 6.54 Å². The number of nitrogens with two attached hydrogens (primary N) is 1. The van der Waals surface area contributed by atoms with Gasteiger partial charge < -0.3 is 11.1 Å². The summed E-state index contributed by atoms with van der Waals surface area (Å²) < 4.78 is 0. The van der Waals surface area contributed by atoms with E-state index in [0.717, 1.165) is 6.42 Å². The average molecular weight is 113 g/mol. The second-order valence-electron chi connectivity index (χ2n) is 1.48. The molecule has 2 radical (unpaired) electrons. The Balaban J connectivity index is 2.82. The van der Waals surface area contributed by atoms with Crippen LogP contribution in [0.15, 0.2) is 0 Å². The van der Waals surface area contributed by atoms with Crippen LogP contribution in [0.3, 0.4) is 0 Å². The number of unbranched alkanes of at least 4 members (excludes halogenated alkanes) is 1. The molecule has 0 fully saturated rings. The van der Waals surface area contributed by atoms with Crippen molar-refractivity contribution in [3.63, 3.8) is 0 Å². The van der Waals surface area contributed by atoms with E-state index >= 15 is 0 Å². The SMILES string of the molecule is [CH]CCCNC(=N)N. The largest absolute Gasteiger partial charge is 0.370 e. The van der Waals surface area contributed by atoms with Crippen molar-refractivity contribution in [1.82, 2.24) is 5.32 Å². The minimum Gasteiger partial charge on any atom is -0.370 e. The van der Waals surface area contributed by atoms with E-state index in [1.807, 2.05) is 0 Å². The molecule has 0 saturated carbocycles. The molecule has 3 nitrogen and oxygen atoms in total. The third kappa shape index (κ3) is 5.27. The molecule has 0 amide bonds. The summed E-state index contributed by atoms with van der Waals surface area (Å²) in [5.74, 6) is 0.0125. The average Bonchev–Trinajstić information content (AvgIpc) is 1.66. The molecule has 8 heavy (non-hydrogen) atoms. The monoisotopic (exact) mass is 113 g/mol. The van der Waals surface area contributed by atoms with Gasteiger partial charge in [0.25, 0.3) is 0 Å². The summed E-state index contributed by atoms with van der Waals surface area (Å²) in [5.41, 5.74) is 4.96. The van der Waals surface area contributed by atoms with Gasteiger partial charge in [-0.05, 0) is 19.8 Å². The molecule has 0 rings (SSSR count). The quantitative estimate of drug-likeness (QED) is 0.273. The van der Waals surface area contributed by atoms with Gasteiger partial charge in [-0.25, -0.2) is 0 Å². The molecule has 3 heteroatoms. The zero-order chi connectivity index (χ0) is 6.41. The first kappa shape index (κ1) is 7.27. The zero-order valence-electron chi connectivity index (χ0n) is 4.78. The lowest BCUT2D eigenvalue weighted by atomic mass is 10.3. The Morgan fingerprint density at radius 1 is 1.75 bits per heavy atom. The lowest BCUT2D eigenvalue weighted by Gasteiger charge is -1.98. The number of hydrogen-bond donors (Lipinski definition) is 3. The van der Waals surface area contributed by atoms with Crippen LogP contribution in [0.2, 0.25) is 0 Å². The Morgan fingerprint density at radius 3 is 2.75 bits per heavy atom. The van der Waals surface area contributed by atoms with Gasteiger partial charge in [-0.1, -0.05) is 0 Å². The van der Waals surface area contributed by atoms with Gasteiger partial charge in [0.15, 0.2) is 5.96 Å². The fourth-order valence-electron chi connectivity index (χ4n) is 0.325. The second-order valence-corrected chi connectivity index (χ2v) is 1.48. The van der Waals surface area contributed by atoms with Gasteiger partial charge in [-0.2, -0.15) is 0 Å². The van der Waals surface area contributed by atoms with E-state index in [0.29, 0.717) is 13.0 Å². The summed E-state index contributed by atoms with van der Waals surface area (Å²) in [4.78, 5) is 0. The Hall–Kier alpha value is -0.730. The van der Waals surface area contributed by atoms with E-state index in [9.17, 15) is 0 Å². The standard InChI is InChI=1S/C5H11N3/c1-2-3-4-8-5(6)7/h1H,2-4H2,(H4,6,7,8). The Bertz CT molecular complexity index is 70.1. The van der Waals surface area contributed by atoms with E-state index in [4.69, 9.17) is 18.1 Å². The normalized spacial score (nSPS) is 8.62. The molecular weight excluding hydrogens is 102 g/mol. The Labute approximate surface area is 49.8 Å². The third-order valence-corrected chi connectivity index (χ3v) is 0.696. The lowest BCUT2D eigenvalue weighted by Crippen LogP contribution is -2.30. The van der Waals surface area contributed by atoms with E-state index in [1.54, 1.807) is 0 Å². The van der Waals surface area contributed by atoms with Gasteiger partial charge in [-0.15, -0.1) is 0 Å². The van der Waals surface area contributed by atoms with Gasteiger partial charge in [0.05, 0.1) is 0 Å². The van der Waals surface area contributed by atoms with Crippen molar-refractivity contribution in [2.75, 3.05) is 6.54 Å². The Morgan fingerprint density at radius 2 is 2.38 bits per heavy atom. The molecule has 0 spiro atoms. The van der Waals surface area contributed by atoms with E-state index in [-0.39, 0.29) is 5.96 Å². The minimum absolute atomic E-state index is 0.0125. The molecule has 0 aromatic rings. The van der Waals surface area contributed by atoms with Crippen molar-refractivity contribution in [2.24, 2.45) is 5.73 Å². The molecule has 46 valence electrons. The van der Waals surface area contributed by atoms with Crippen molar-refractivity contribution in [1.29, 1.82) is 5.41 Å². The van der Waals surface area contributed by atoms with Crippen LogP contribution in [0.5, 0.6) is 0 Å². The molecular formula is C5H11N3. The number of rotatable bonds is 3. The first-order valence-corrected chi connectivity index (χ1v) is 2.55. The molecule has 0 heterocycles. The molecule has 0 bridgehead atoms. The summed E-state index contributed by atoms with van der Waals surface area (Å²) in [6.07, 6.45) is 1.50. The third-order valence-electron chi connectivity index (χ3n) is 0.696. The van der Waals surface area contributed by atoms with Crippen LogP contribution in [0.4, 0.5) is 0 Å². The Kier molecular flexibility index (Phi) is 4.03. The van der Waals surface area contributed by atoms with Crippen LogP contribution in [-0.2, 0) is 0 Å². The van der Waals surface area contributed by atoms with Crippen molar-refractivity contribution >= 4 is 5.96 Å². The van der Waals surface area contributed by atoms with Crippen molar-refractivity contribution in [3.8, 4) is 0 Å². The predicted octanol–water partition coefficient (Wildman–Crippen LogP) is -0.0392. The van der Waals surface area contributed by atoms with Crippen LogP contribution in [0, 0.1) is 12.3 Å². The van der Waals surface area contributed by atoms with Crippen LogP contribution in [0.25, 0.3) is 0 Å². The summed E-state index contributed by atoms with van der Waals surface area (Å²) in [7, 11) is 0. The molecule has 0 atom stereocenters. The summed E-state index contributed by atoms with van der Waals surface area (Å²) in [6, 6.07) is 0. The molecule has 0 aliphatic rings. The zero-order valence-corrected chi connectivity index (χ0v) is 4.78. The molecule has 0 unspecified atom stereocenters. The van der Waals surface area contributed by atoms with Crippen LogP contribution < -0.4 is 11.1 Å². The topological polar surface area (TPSA) is 61.9 Å². The molecule has 0 saturated heterocycles. The fraction of sp³-hybridized carbons (Fsp3) is 0.600. The van der Waals surface area contributed by atoms with Gasteiger partial charge >= 0.3 is 0 Å². The number of nitrogens with one attached hydrogen (secondary N) is 2. The highest BCUT2D eigenvalue weighted by Crippen LogP contribution is 1.79. The van der Waals surface area contributed by atoms with E-state index in [2.05, 4.69) is 5.32 Å². The van der Waals surface area contributed by atoms with Crippen LogP contribution in [0.1, 0.15) is 12.8 Å². The number of hydrogen-bond acceptors (Lipinski definition) is 1. The summed E-state index contributed by atoms with van der Waals surface area (Å²) in [5, 5.41) is 9.33. The van der Waals surface area contributed by atoms with Crippen molar-refractivity contribution in [2.45, 2.75) is 12.8 Å². The predicted molar refractivity (Wildman–Crippen MR) is 33.5 cm³/mol. The van der Waals surface area contributed by atoms with Crippen molar-refractivity contribution in [3.05, 3.63) is 6.92 Å². The molecule has 0 aliphatic heterocycles. The first-order chi connectivity index (χ1) is 3.77. The highest BCUT2D eigenvalue weighted by Gasteiger charge is 1.82. The maximum Gasteiger partial charge on any atom is 0.185 e. The smallest absolute Gasteiger partial charge is 0.185 e. The highest BCUT2D eigenvalue weighted by atomic mass is 15.0. The van der Waals surface area contributed by atoms with Gasteiger partial charge in [0.2, 0.25) is 0 Å². The minimum atomic E-state index is 0.0125. The molecule has 0 aliphatic carbocycles. The summed E-state index contributed by atoms with van der Waals surface area (Å²) in [6.45, 7) is 5.86. The first-order valence-electron chi connectivity index (χ1n) is 2.55. The lowest BCUT2D eigenvalue weighted by molar-refractivity contribution is 0.780. The molecule has 0 aromatic heterocycles. The van der Waals surface area contributed by atoms with Gasteiger partial charge in [-0.3, -0.25) is 5.41 Å².